The van der Waals surface area contributed by atoms with Crippen molar-refractivity contribution < 1.29 is 9.13 Å². The molecule has 0 saturated heterocycles. The van der Waals surface area contributed by atoms with Crippen molar-refractivity contribution in [2.24, 2.45) is 0 Å². The highest BCUT2D eigenvalue weighted by Gasteiger charge is 1.78. The van der Waals surface area contributed by atoms with Gasteiger partial charge in [-0.15, -0.1) is 0 Å². The molecule has 0 N–H and O–H groups in total. The highest BCUT2D eigenvalue weighted by atomic mass is 31.1. The molecule has 0 aliphatic rings. The summed E-state index contributed by atoms with van der Waals surface area (Å²) >= 11 is 0. The third-order valence-electron chi connectivity index (χ3n) is 0.219. The Hall–Kier alpha value is -0.0600. The maximum absolute atomic E-state index is 9.50. The van der Waals surface area contributed by atoms with Crippen molar-refractivity contribution in [3.05, 3.63) is 11.6 Å². The van der Waals surface area contributed by atoms with Gasteiger partial charge in [0.15, 0.2) is 11.6 Å². The van der Waals surface area contributed by atoms with Gasteiger partial charge >= 0.3 is 16.9 Å². The Kier molecular flexibility index (Phi) is 4.89. The third kappa shape index (κ3) is 3.94. The van der Waals surface area contributed by atoms with E-state index in [0.29, 0.717) is 0 Å². The first-order valence-corrected chi connectivity index (χ1v) is 3.29. The van der Waals surface area contributed by atoms with Crippen molar-refractivity contribution in [3.8, 4) is 0 Å². The highest BCUT2D eigenvalue weighted by molar-refractivity contribution is 7.32. The van der Waals surface area contributed by atoms with Crippen LogP contribution < -0.4 is 0 Å². The average molecular weight is 122 g/mol. The lowest BCUT2D eigenvalue weighted by Crippen LogP contribution is -1.18. The minimum absolute atomic E-state index is 0.459. The molecule has 0 fully saturated rings. The van der Waals surface area contributed by atoms with E-state index in [4.69, 9.17) is 0 Å². The second-order valence-corrected chi connectivity index (χ2v) is 1.71. The van der Waals surface area contributed by atoms with Crippen LogP contribution in [0.15, 0.2) is 11.6 Å². The van der Waals surface area contributed by atoms with Crippen LogP contribution in [0.1, 0.15) is 0 Å². The summed E-state index contributed by atoms with van der Waals surface area (Å²) in [5, 5.41) is 0. The van der Waals surface area contributed by atoms with Gasteiger partial charge in [0.05, 0.1) is 0 Å². The normalized spacial score (nSPS) is 11.3. The van der Waals surface area contributed by atoms with Gasteiger partial charge in [0.25, 0.3) is 0 Å². The van der Waals surface area contributed by atoms with Crippen LogP contribution in [0.3, 0.4) is 0 Å². The molecule has 0 bridgehead atoms. The molecule has 0 saturated carbocycles. The molecule has 2 unspecified atom stereocenters. The van der Waals surface area contributed by atoms with E-state index >= 15 is 0 Å². The maximum atomic E-state index is 9.50. The summed E-state index contributed by atoms with van der Waals surface area (Å²) in [4.78, 5) is 0. The van der Waals surface area contributed by atoms with Gasteiger partial charge in [0.1, 0.15) is 0 Å². The van der Waals surface area contributed by atoms with E-state index < -0.39 is 16.9 Å². The molecule has 4 heteroatoms. The average Bonchev–Trinajstić information content (AvgIpc) is 1.61. The third-order valence-corrected chi connectivity index (χ3v) is 1.16. The van der Waals surface area contributed by atoms with Gasteiger partial charge in [0.2, 0.25) is 0 Å². The maximum Gasteiger partial charge on any atom is 0.359 e. The number of rotatable bonds is 2. The van der Waals surface area contributed by atoms with E-state index in [1.54, 1.807) is 0 Å². The van der Waals surface area contributed by atoms with Gasteiger partial charge in [-0.05, 0) is 0 Å². The summed E-state index contributed by atoms with van der Waals surface area (Å²) in [6.45, 7) is 0. The lowest BCUT2D eigenvalue weighted by Gasteiger charge is -1.30. The van der Waals surface area contributed by atoms with Crippen LogP contribution in [0, 0.1) is 0 Å². The van der Waals surface area contributed by atoms with Crippen LogP contribution in [0.25, 0.3) is 0 Å². The second kappa shape index (κ2) is 4.94. The van der Waals surface area contributed by atoms with E-state index in [2.05, 4.69) is 0 Å². The summed E-state index contributed by atoms with van der Waals surface area (Å²) in [6.07, 6.45) is 0. The van der Waals surface area contributed by atoms with Crippen LogP contribution in [0.5, 0.6) is 0 Å². The van der Waals surface area contributed by atoms with Crippen molar-refractivity contribution in [1.29, 1.82) is 0 Å². The van der Waals surface area contributed by atoms with Gasteiger partial charge in [0, 0.05) is 0 Å². The molecule has 0 aliphatic heterocycles. The predicted octanol–water partition coefficient (Wildman–Crippen LogP) is 1.51. The molecule has 32 valence electrons. The van der Waals surface area contributed by atoms with Crippen molar-refractivity contribution >= 4 is 16.9 Å². The predicted molar refractivity (Wildman–Crippen MR) is 27.1 cm³/mol. The fourth-order valence-corrected chi connectivity index (χ4v) is 0.612. The summed E-state index contributed by atoms with van der Waals surface area (Å²) < 4.78 is 19.0. The Labute approximate surface area is 38.7 Å². The van der Waals surface area contributed by atoms with Gasteiger partial charge in [-0.3, -0.25) is 0 Å². The van der Waals surface area contributed by atoms with E-state index in [1.807, 2.05) is 0 Å². The Bertz CT molecular complexity index is 67.6. The second-order valence-electron chi connectivity index (χ2n) is 0.569. The first kappa shape index (κ1) is 5.94. The van der Waals surface area contributed by atoms with Gasteiger partial charge in [-0.1, -0.05) is 9.13 Å². The van der Waals surface area contributed by atoms with Gasteiger partial charge in [-0.25, -0.2) is 0 Å². The van der Waals surface area contributed by atoms with Crippen molar-refractivity contribution in [1.82, 2.24) is 0 Å². The molecule has 0 aromatic rings. The molecular formula is C2H4O2P2+2. The van der Waals surface area contributed by atoms with E-state index in [9.17, 15) is 9.13 Å². The van der Waals surface area contributed by atoms with E-state index in [0.717, 1.165) is 0 Å². The van der Waals surface area contributed by atoms with Crippen LogP contribution in [0.4, 0.5) is 0 Å². The summed E-state index contributed by atoms with van der Waals surface area (Å²) in [5.74, 6) is 2.71. The Balaban J connectivity index is 3.17. The summed E-state index contributed by atoms with van der Waals surface area (Å²) in [5.41, 5.74) is 0. The first-order chi connectivity index (χ1) is 2.91. The van der Waals surface area contributed by atoms with Crippen LogP contribution >= 0.6 is 16.9 Å². The molecular weight excluding hydrogens is 118 g/mol. The molecule has 0 aromatic carbocycles. The molecule has 0 spiro atoms. The van der Waals surface area contributed by atoms with Crippen molar-refractivity contribution in [3.63, 3.8) is 0 Å². The first-order valence-electron chi connectivity index (χ1n) is 1.32. The molecule has 0 rings (SSSR count). The van der Waals surface area contributed by atoms with Gasteiger partial charge in [-0.2, -0.15) is 0 Å². The number of hydrogen-bond donors (Lipinski definition) is 0. The lowest BCUT2D eigenvalue weighted by molar-refractivity contribution is 0.601. The highest BCUT2D eigenvalue weighted by Crippen LogP contribution is 1.99. The molecule has 2 nitrogen and oxygen atoms in total. The number of hydrogen-bond acceptors (Lipinski definition) is 2. The summed E-state index contributed by atoms with van der Waals surface area (Å²) in [6, 6.07) is 0. The minimum Gasteiger partial charge on any atom is -0.0713 e. The Morgan fingerprint density at radius 3 is 1.50 bits per heavy atom. The van der Waals surface area contributed by atoms with E-state index in [-0.39, 0.29) is 0 Å². The molecule has 6 heavy (non-hydrogen) atoms. The molecule has 0 heterocycles. The molecule has 0 radical (unpaired) electrons. The smallest absolute Gasteiger partial charge is 0.0713 e. The molecule has 0 amide bonds. The zero-order chi connectivity index (χ0) is 4.83. The largest absolute Gasteiger partial charge is 0.359 e. The van der Waals surface area contributed by atoms with Crippen LogP contribution in [0.2, 0.25) is 0 Å². The van der Waals surface area contributed by atoms with E-state index in [1.165, 1.54) is 11.6 Å². The fourth-order valence-electron chi connectivity index (χ4n) is 0.0680. The standard InChI is InChI=1S/C2H2O2P2/c3-5-1-2-6-4/h1-2H/p+2/b2-1+. The SMILES string of the molecule is O=[PH+]/C=C/[PH+]=O. The van der Waals surface area contributed by atoms with Crippen molar-refractivity contribution in [2.45, 2.75) is 0 Å². The van der Waals surface area contributed by atoms with Crippen LogP contribution in [-0.2, 0) is 9.13 Å². The Morgan fingerprint density at radius 2 is 1.33 bits per heavy atom. The monoisotopic (exact) mass is 122 g/mol. The minimum atomic E-state index is -0.459. The van der Waals surface area contributed by atoms with Crippen molar-refractivity contribution in [2.75, 3.05) is 0 Å². The molecule has 0 aliphatic carbocycles. The molecule has 2 atom stereocenters. The zero-order valence-electron chi connectivity index (χ0n) is 2.97. The van der Waals surface area contributed by atoms with Crippen LogP contribution in [-0.4, -0.2) is 0 Å². The Morgan fingerprint density at radius 1 is 1.00 bits per heavy atom. The fraction of sp³-hybridized carbons (Fsp3) is 0. The zero-order valence-corrected chi connectivity index (χ0v) is 4.97. The quantitative estimate of drug-likeness (QED) is 0.520. The molecule has 0 aromatic heterocycles. The van der Waals surface area contributed by atoms with Gasteiger partial charge < -0.3 is 0 Å². The topological polar surface area (TPSA) is 34.1 Å². The lowest BCUT2D eigenvalue weighted by atomic mass is 11.3. The summed E-state index contributed by atoms with van der Waals surface area (Å²) in [7, 11) is -0.918.